The lowest BCUT2D eigenvalue weighted by atomic mass is 10.0. The van der Waals surface area contributed by atoms with Crippen LogP contribution in [0.15, 0.2) is 60.7 Å². The Labute approximate surface area is 217 Å². The van der Waals surface area contributed by atoms with Crippen LogP contribution in [0, 0.1) is 0 Å². The normalized spacial score (nSPS) is 12.6. The number of amides is 2. The van der Waals surface area contributed by atoms with E-state index in [0.29, 0.717) is 41.2 Å². The van der Waals surface area contributed by atoms with Crippen molar-refractivity contribution >= 4 is 44.9 Å². The zero-order valence-corrected chi connectivity index (χ0v) is 21.1. The third kappa shape index (κ3) is 4.49. The van der Waals surface area contributed by atoms with Crippen LogP contribution in [0.25, 0.3) is 10.8 Å². The van der Waals surface area contributed by atoms with Gasteiger partial charge in [-0.2, -0.15) is 0 Å². The number of carboxylic acid groups (broad SMARTS) is 1. The Balaban J connectivity index is 1.42. The quantitative estimate of drug-likeness (QED) is 0.371. The molecule has 0 unspecified atom stereocenters. The van der Waals surface area contributed by atoms with Gasteiger partial charge in [-0.25, -0.2) is 4.79 Å². The molecule has 2 heterocycles. The third-order valence-electron chi connectivity index (χ3n) is 6.43. The van der Waals surface area contributed by atoms with Gasteiger partial charge >= 0.3 is 5.97 Å². The average Bonchev–Trinajstić information content (AvgIpc) is 3.28. The molecule has 4 aromatic rings. The molecule has 8 nitrogen and oxygen atoms in total. The van der Waals surface area contributed by atoms with Crippen molar-refractivity contribution in [2.75, 3.05) is 26.1 Å². The van der Waals surface area contributed by atoms with Gasteiger partial charge in [-0.1, -0.05) is 36.4 Å². The van der Waals surface area contributed by atoms with E-state index in [4.69, 9.17) is 9.47 Å². The SMILES string of the molecule is COc1cccc(C(=O)N2CCc3c(sc(NC(=O)c4ccc5ccccc5c4)c3C(=O)O)C2)c1OC. The maximum absolute atomic E-state index is 13.4. The number of thiophene rings is 1. The number of methoxy groups -OCH3 is 2. The van der Waals surface area contributed by atoms with Gasteiger partial charge < -0.3 is 24.8 Å². The third-order valence-corrected chi connectivity index (χ3v) is 7.56. The first kappa shape index (κ1) is 24.3. The number of carbonyl (C=O) groups is 3. The molecule has 1 aliphatic rings. The van der Waals surface area contributed by atoms with E-state index in [9.17, 15) is 19.5 Å². The van der Waals surface area contributed by atoms with E-state index < -0.39 is 5.97 Å². The molecule has 0 atom stereocenters. The van der Waals surface area contributed by atoms with E-state index in [1.54, 1.807) is 35.2 Å². The van der Waals surface area contributed by atoms with Gasteiger partial charge in [0, 0.05) is 17.0 Å². The van der Waals surface area contributed by atoms with Gasteiger partial charge in [-0.3, -0.25) is 9.59 Å². The first-order chi connectivity index (χ1) is 17.9. The number of benzene rings is 3. The summed E-state index contributed by atoms with van der Waals surface area (Å²) in [5, 5.41) is 15.0. The molecular formula is C28H24N2O6S. The molecule has 0 radical (unpaired) electrons. The van der Waals surface area contributed by atoms with E-state index in [-0.39, 0.29) is 28.9 Å². The number of carbonyl (C=O) groups excluding carboxylic acids is 2. The van der Waals surface area contributed by atoms with Crippen LogP contribution in [0.5, 0.6) is 11.5 Å². The topological polar surface area (TPSA) is 105 Å². The highest BCUT2D eigenvalue weighted by Crippen LogP contribution is 2.39. The fourth-order valence-corrected chi connectivity index (χ4v) is 5.87. The molecule has 1 aromatic heterocycles. The Kier molecular flexibility index (Phi) is 6.54. The summed E-state index contributed by atoms with van der Waals surface area (Å²) in [5.74, 6) is -0.939. The van der Waals surface area contributed by atoms with Crippen molar-refractivity contribution in [1.82, 2.24) is 4.90 Å². The van der Waals surface area contributed by atoms with Crippen molar-refractivity contribution in [3.63, 3.8) is 0 Å². The lowest BCUT2D eigenvalue weighted by Gasteiger charge is -2.28. The molecule has 188 valence electrons. The maximum atomic E-state index is 13.4. The summed E-state index contributed by atoms with van der Waals surface area (Å²) in [6.45, 7) is 0.562. The van der Waals surface area contributed by atoms with Crippen LogP contribution in [0.2, 0.25) is 0 Å². The molecule has 1 aliphatic heterocycles. The second-order valence-electron chi connectivity index (χ2n) is 8.55. The van der Waals surface area contributed by atoms with E-state index in [0.717, 1.165) is 15.6 Å². The molecule has 3 aromatic carbocycles. The molecule has 5 rings (SSSR count). The fourth-order valence-electron chi connectivity index (χ4n) is 4.62. The van der Waals surface area contributed by atoms with Crippen LogP contribution in [0.1, 0.15) is 41.5 Å². The summed E-state index contributed by atoms with van der Waals surface area (Å²) >= 11 is 1.19. The molecule has 0 bridgehead atoms. The van der Waals surface area contributed by atoms with E-state index >= 15 is 0 Å². The van der Waals surface area contributed by atoms with Crippen molar-refractivity contribution in [3.8, 4) is 11.5 Å². The summed E-state index contributed by atoms with van der Waals surface area (Å²) < 4.78 is 10.7. The second kappa shape index (κ2) is 9.94. The Morgan fingerprint density at radius 3 is 2.49 bits per heavy atom. The van der Waals surface area contributed by atoms with Gasteiger partial charge in [0.25, 0.3) is 11.8 Å². The molecule has 0 fully saturated rings. The number of ether oxygens (including phenoxy) is 2. The average molecular weight is 517 g/mol. The molecule has 2 N–H and O–H groups in total. The Hall–Kier alpha value is -4.37. The summed E-state index contributed by atoms with van der Waals surface area (Å²) in [5.41, 5.74) is 1.53. The Bertz CT molecular complexity index is 1540. The van der Waals surface area contributed by atoms with Crippen LogP contribution in [-0.2, 0) is 13.0 Å². The minimum absolute atomic E-state index is 0.0835. The molecule has 0 saturated heterocycles. The predicted octanol–water partition coefficient (Wildman–Crippen LogP) is 5.07. The number of nitrogens with zero attached hydrogens (tertiary/aromatic N) is 1. The molecule has 9 heteroatoms. The largest absolute Gasteiger partial charge is 0.493 e. The molecule has 0 saturated carbocycles. The number of hydrogen-bond donors (Lipinski definition) is 2. The summed E-state index contributed by atoms with van der Waals surface area (Å²) in [6, 6.07) is 18.2. The number of para-hydroxylation sites is 1. The predicted molar refractivity (Wildman–Crippen MR) is 141 cm³/mol. The number of rotatable bonds is 6. The summed E-state index contributed by atoms with van der Waals surface area (Å²) in [4.78, 5) is 41.0. The molecule has 0 aliphatic carbocycles. The molecule has 37 heavy (non-hydrogen) atoms. The number of nitrogens with one attached hydrogen (secondary N) is 1. The van der Waals surface area contributed by atoms with Gasteiger partial charge in [0.1, 0.15) is 5.00 Å². The number of fused-ring (bicyclic) bond motifs is 2. The highest BCUT2D eigenvalue weighted by atomic mass is 32.1. The Morgan fingerprint density at radius 1 is 0.973 bits per heavy atom. The van der Waals surface area contributed by atoms with Gasteiger partial charge in [-0.15, -0.1) is 11.3 Å². The van der Waals surface area contributed by atoms with E-state index in [1.165, 1.54) is 25.6 Å². The standard InChI is InChI=1S/C28H24N2O6S/c1-35-21-9-5-8-20(24(21)36-2)27(32)30-13-12-19-22(15-30)37-26(23(19)28(33)34)29-25(31)18-11-10-16-6-3-4-7-17(16)14-18/h3-11,14H,12-13,15H2,1-2H3,(H,29,31)(H,33,34). The first-order valence-corrected chi connectivity index (χ1v) is 12.4. The van der Waals surface area contributed by atoms with Crippen molar-refractivity contribution in [1.29, 1.82) is 0 Å². The zero-order valence-electron chi connectivity index (χ0n) is 20.2. The van der Waals surface area contributed by atoms with Crippen LogP contribution in [0.4, 0.5) is 5.00 Å². The second-order valence-corrected chi connectivity index (χ2v) is 9.65. The summed E-state index contributed by atoms with van der Waals surface area (Å²) in [6.07, 6.45) is 0.358. The van der Waals surface area contributed by atoms with Gasteiger partial charge in [-0.05, 0) is 47.0 Å². The fraction of sp³-hybridized carbons (Fsp3) is 0.179. The van der Waals surface area contributed by atoms with Crippen molar-refractivity contribution in [2.45, 2.75) is 13.0 Å². The minimum Gasteiger partial charge on any atom is -0.493 e. The van der Waals surface area contributed by atoms with E-state index in [1.807, 2.05) is 30.3 Å². The van der Waals surface area contributed by atoms with Crippen molar-refractivity contribution < 1.29 is 29.0 Å². The highest BCUT2D eigenvalue weighted by Gasteiger charge is 2.32. The van der Waals surface area contributed by atoms with E-state index in [2.05, 4.69) is 5.32 Å². The number of hydrogen-bond acceptors (Lipinski definition) is 6. The summed E-state index contributed by atoms with van der Waals surface area (Å²) in [7, 11) is 2.98. The number of carboxylic acids is 1. The minimum atomic E-state index is -1.11. The molecular weight excluding hydrogens is 492 g/mol. The van der Waals surface area contributed by atoms with Crippen molar-refractivity contribution in [3.05, 3.63) is 87.8 Å². The smallest absolute Gasteiger partial charge is 0.339 e. The highest BCUT2D eigenvalue weighted by molar-refractivity contribution is 7.17. The van der Waals surface area contributed by atoms with Crippen LogP contribution < -0.4 is 14.8 Å². The van der Waals surface area contributed by atoms with Crippen molar-refractivity contribution in [2.24, 2.45) is 0 Å². The lowest BCUT2D eigenvalue weighted by molar-refractivity contribution is 0.0696. The lowest BCUT2D eigenvalue weighted by Crippen LogP contribution is -2.36. The maximum Gasteiger partial charge on any atom is 0.339 e. The number of anilines is 1. The Morgan fingerprint density at radius 2 is 1.76 bits per heavy atom. The van der Waals surface area contributed by atoms with Gasteiger partial charge in [0.05, 0.1) is 31.9 Å². The van der Waals surface area contributed by atoms with Crippen LogP contribution >= 0.6 is 11.3 Å². The molecule has 0 spiro atoms. The zero-order chi connectivity index (χ0) is 26.1. The van der Waals surface area contributed by atoms with Crippen LogP contribution in [0.3, 0.4) is 0 Å². The monoisotopic (exact) mass is 516 g/mol. The molecule has 2 amide bonds. The number of aromatic carboxylic acids is 1. The van der Waals surface area contributed by atoms with Gasteiger partial charge in [0.2, 0.25) is 0 Å². The van der Waals surface area contributed by atoms with Gasteiger partial charge in [0.15, 0.2) is 11.5 Å². The van der Waals surface area contributed by atoms with Crippen LogP contribution in [-0.4, -0.2) is 48.6 Å². The first-order valence-electron chi connectivity index (χ1n) is 11.6.